The first kappa shape index (κ1) is 25.1. The van der Waals surface area contributed by atoms with E-state index < -0.39 is 36.0 Å². The van der Waals surface area contributed by atoms with Gasteiger partial charge >= 0.3 is 6.03 Å². The van der Waals surface area contributed by atoms with Crippen molar-refractivity contribution in [2.24, 2.45) is 5.92 Å². The van der Waals surface area contributed by atoms with Gasteiger partial charge in [-0.2, -0.15) is 0 Å². The smallest absolute Gasteiger partial charge is 0.325 e. The Morgan fingerprint density at radius 2 is 1.89 bits per heavy atom. The molecule has 1 saturated heterocycles. The highest BCUT2D eigenvalue weighted by molar-refractivity contribution is 6.05. The predicted octanol–water partition coefficient (Wildman–Crippen LogP) is 2.44. The summed E-state index contributed by atoms with van der Waals surface area (Å²) in [7, 11) is 0. The average Bonchev–Trinajstić information content (AvgIpc) is 3.41. The lowest BCUT2D eigenvalue weighted by atomic mass is 9.98. The number of rotatable bonds is 9. The molecule has 188 valence electrons. The highest BCUT2D eigenvalue weighted by Gasteiger charge is 2.41. The van der Waals surface area contributed by atoms with Crippen molar-refractivity contribution in [1.29, 1.82) is 0 Å². The molecule has 36 heavy (non-hydrogen) atoms. The largest absolute Gasteiger partial charge is 0.422 e. The fraction of sp³-hybridized carbons (Fsp3) is 0.346. The van der Waals surface area contributed by atoms with Crippen LogP contribution in [0, 0.1) is 12.8 Å². The Morgan fingerprint density at radius 1 is 1.14 bits per heavy atom. The molecule has 0 spiro atoms. The van der Waals surface area contributed by atoms with Gasteiger partial charge in [0.25, 0.3) is 5.91 Å². The fourth-order valence-electron chi connectivity index (χ4n) is 4.24. The minimum atomic E-state index is -1.26. The third-order valence-electron chi connectivity index (χ3n) is 6.04. The van der Waals surface area contributed by atoms with Crippen LogP contribution in [0.1, 0.15) is 54.5 Å². The number of aliphatic hydroxyl groups excluding tert-OH is 1. The maximum absolute atomic E-state index is 12.9. The highest BCUT2D eigenvalue weighted by atomic mass is 16.4. The van der Waals surface area contributed by atoms with Crippen LogP contribution in [-0.2, 0) is 16.0 Å². The first-order valence-electron chi connectivity index (χ1n) is 11.7. The van der Waals surface area contributed by atoms with Crippen LogP contribution in [0.25, 0.3) is 0 Å². The molecule has 1 aliphatic rings. The van der Waals surface area contributed by atoms with Crippen LogP contribution in [0.4, 0.5) is 4.79 Å². The van der Waals surface area contributed by atoms with Gasteiger partial charge in [0, 0.05) is 0 Å². The highest BCUT2D eigenvalue weighted by Crippen LogP contribution is 2.26. The van der Waals surface area contributed by atoms with Crippen molar-refractivity contribution < 1.29 is 23.9 Å². The maximum atomic E-state index is 12.9. The summed E-state index contributed by atoms with van der Waals surface area (Å²) in [6.45, 7) is 5.29. The zero-order valence-electron chi connectivity index (χ0n) is 20.3. The molecule has 10 nitrogen and oxygen atoms in total. The van der Waals surface area contributed by atoms with Gasteiger partial charge in [-0.05, 0) is 24.0 Å². The Morgan fingerprint density at radius 3 is 2.58 bits per heavy atom. The van der Waals surface area contributed by atoms with Gasteiger partial charge < -0.3 is 14.8 Å². The van der Waals surface area contributed by atoms with Crippen LogP contribution in [-0.4, -0.2) is 50.6 Å². The number of hydrogen-bond acceptors (Lipinski definition) is 7. The second-order valence-electron chi connectivity index (χ2n) is 9.22. The summed E-state index contributed by atoms with van der Waals surface area (Å²) in [4.78, 5) is 38.9. The Kier molecular flexibility index (Phi) is 7.44. The Bertz CT molecular complexity index is 1240. The molecule has 1 aromatic heterocycles. The van der Waals surface area contributed by atoms with Gasteiger partial charge in [0.15, 0.2) is 6.10 Å². The van der Waals surface area contributed by atoms with Crippen molar-refractivity contribution in [1.82, 2.24) is 25.7 Å². The van der Waals surface area contributed by atoms with E-state index in [2.05, 4.69) is 20.8 Å². The van der Waals surface area contributed by atoms with E-state index in [1.165, 1.54) is 4.90 Å². The molecule has 0 bridgehead atoms. The van der Waals surface area contributed by atoms with E-state index in [0.29, 0.717) is 17.9 Å². The number of carbonyl (C=O) groups excluding carboxylic acids is 3. The normalized spacial score (nSPS) is 17.2. The number of nitrogens with one attached hydrogen (secondary N) is 2. The first-order chi connectivity index (χ1) is 17.2. The molecule has 3 aromatic rings. The van der Waals surface area contributed by atoms with Gasteiger partial charge in [-0.1, -0.05) is 74.0 Å². The van der Waals surface area contributed by atoms with Crippen molar-refractivity contribution in [2.75, 3.05) is 6.54 Å². The number of imide groups is 1. The number of aryl methyl sites for hydroxylation is 1. The van der Waals surface area contributed by atoms with Gasteiger partial charge in [-0.3, -0.25) is 19.8 Å². The second kappa shape index (κ2) is 10.7. The Balaban J connectivity index is 1.44. The van der Waals surface area contributed by atoms with Gasteiger partial charge in [-0.25, -0.2) is 4.79 Å². The number of urea groups is 1. The van der Waals surface area contributed by atoms with Crippen LogP contribution in [0.2, 0.25) is 0 Å². The number of nitrogens with zero attached hydrogens (tertiary/aromatic N) is 3. The van der Waals surface area contributed by atoms with Crippen molar-refractivity contribution in [2.45, 2.75) is 45.4 Å². The summed E-state index contributed by atoms with van der Waals surface area (Å²) < 4.78 is 5.70. The lowest BCUT2D eigenvalue weighted by Crippen LogP contribution is -2.48. The third-order valence-corrected chi connectivity index (χ3v) is 6.04. The monoisotopic (exact) mass is 491 g/mol. The molecule has 3 atom stereocenters. The fourth-order valence-corrected chi connectivity index (χ4v) is 4.24. The molecular formula is C26H29N5O5. The summed E-state index contributed by atoms with van der Waals surface area (Å²) >= 11 is 0. The number of carbonyl (C=O) groups is 3. The van der Waals surface area contributed by atoms with Crippen LogP contribution in [0.15, 0.2) is 59.0 Å². The molecule has 0 aliphatic carbocycles. The number of amides is 4. The van der Waals surface area contributed by atoms with E-state index in [0.717, 1.165) is 11.1 Å². The maximum Gasteiger partial charge on any atom is 0.325 e. The molecule has 2 heterocycles. The van der Waals surface area contributed by atoms with E-state index in [-0.39, 0.29) is 18.4 Å². The van der Waals surface area contributed by atoms with Crippen molar-refractivity contribution in [3.63, 3.8) is 0 Å². The summed E-state index contributed by atoms with van der Waals surface area (Å²) in [6.07, 6.45) is -0.842. The number of hydrogen-bond donors (Lipinski definition) is 3. The summed E-state index contributed by atoms with van der Waals surface area (Å²) in [5.41, 5.74) is 2.71. The van der Waals surface area contributed by atoms with Crippen molar-refractivity contribution >= 4 is 17.8 Å². The molecule has 4 rings (SSSR count). The molecule has 4 amide bonds. The van der Waals surface area contributed by atoms with Crippen LogP contribution in [0.5, 0.6) is 0 Å². The number of benzene rings is 2. The molecule has 1 aliphatic heterocycles. The van der Waals surface area contributed by atoms with E-state index >= 15 is 0 Å². The van der Waals surface area contributed by atoms with E-state index in [1.54, 1.807) is 30.3 Å². The van der Waals surface area contributed by atoms with Crippen molar-refractivity contribution in [3.05, 3.63) is 83.1 Å². The zero-order valence-corrected chi connectivity index (χ0v) is 20.3. The van der Waals surface area contributed by atoms with Crippen LogP contribution >= 0.6 is 0 Å². The lowest BCUT2D eigenvalue weighted by molar-refractivity contribution is -0.125. The molecule has 2 aromatic carbocycles. The van der Waals surface area contributed by atoms with Crippen LogP contribution in [0.3, 0.4) is 0 Å². The van der Waals surface area contributed by atoms with Crippen molar-refractivity contribution in [3.8, 4) is 0 Å². The van der Waals surface area contributed by atoms with Gasteiger partial charge in [-0.15, -0.1) is 10.2 Å². The van der Waals surface area contributed by atoms with Crippen LogP contribution < -0.4 is 10.6 Å². The zero-order chi connectivity index (χ0) is 25.8. The average molecular weight is 492 g/mol. The van der Waals surface area contributed by atoms with Gasteiger partial charge in [0.05, 0.1) is 12.5 Å². The van der Waals surface area contributed by atoms with Gasteiger partial charge in [0.1, 0.15) is 12.6 Å². The second-order valence-corrected chi connectivity index (χ2v) is 9.22. The molecule has 1 fully saturated rings. The minimum absolute atomic E-state index is 0.00657. The number of aliphatic hydroxyl groups is 1. The predicted molar refractivity (Wildman–Crippen MR) is 129 cm³/mol. The SMILES string of the molecule is Cc1cccc(Cc2nnc(C(O)[C@@H](NC(=O)CN3C(=O)NC(=O)C3c3ccccc3)C(C)C)o2)c1. The molecule has 10 heteroatoms. The standard InChI is InChI=1S/C26H29N5O5/c1-15(2)21(23(33)25-30-29-20(36-25)13-17-9-7-8-16(3)12-17)27-19(32)14-31-22(24(34)28-26(31)35)18-10-5-4-6-11-18/h4-12,15,21-23,33H,13-14H2,1-3H3,(H,27,32)(H,28,34,35)/t21-,22?,23?/m0/s1. The molecule has 0 saturated carbocycles. The Hall–Kier alpha value is -4.05. The topological polar surface area (TPSA) is 138 Å². The molecule has 2 unspecified atom stereocenters. The summed E-state index contributed by atoms with van der Waals surface area (Å²) in [6, 6.07) is 14.3. The van der Waals surface area contributed by atoms with E-state index in [1.807, 2.05) is 45.0 Å². The lowest BCUT2D eigenvalue weighted by Gasteiger charge is -2.27. The van der Waals surface area contributed by atoms with E-state index in [4.69, 9.17) is 4.42 Å². The van der Waals surface area contributed by atoms with Gasteiger partial charge in [0.2, 0.25) is 17.7 Å². The summed E-state index contributed by atoms with van der Waals surface area (Å²) in [5, 5.41) is 24.0. The quantitative estimate of drug-likeness (QED) is 0.391. The summed E-state index contributed by atoms with van der Waals surface area (Å²) in [5.74, 6) is -0.881. The Labute approximate surface area is 208 Å². The minimum Gasteiger partial charge on any atom is -0.422 e. The van der Waals surface area contributed by atoms with E-state index in [9.17, 15) is 19.5 Å². The number of aromatic nitrogens is 2. The molecular weight excluding hydrogens is 462 g/mol. The molecule has 0 radical (unpaired) electrons. The molecule has 3 N–H and O–H groups in total. The third kappa shape index (κ3) is 5.60. The first-order valence-corrected chi connectivity index (χ1v) is 11.7.